The first-order valence-electron chi connectivity index (χ1n) is 7.22. The van der Waals surface area contributed by atoms with Crippen molar-refractivity contribution in [3.05, 3.63) is 35.5 Å². The molecule has 10 heteroatoms. The molecule has 0 saturated heterocycles. The molecule has 3 heterocycles. The Kier molecular flexibility index (Phi) is 4.80. The molecule has 0 bridgehead atoms. The highest BCUT2D eigenvalue weighted by Gasteiger charge is 2.17. The molecule has 9 nitrogen and oxygen atoms in total. The van der Waals surface area contributed by atoms with E-state index in [9.17, 15) is 9.59 Å². The van der Waals surface area contributed by atoms with Gasteiger partial charge in [0.05, 0.1) is 19.9 Å². The quantitative estimate of drug-likeness (QED) is 0.688. The number of amides is 2. The number of ether oxygens (including phenoxy) is 1. The third-order valence-electron chi connectivity index (χ3n) is 3.17. The summed E-state index contributed by atoms with van der Waals surface area (Å²) in [6.45, 7) is -0.202. The number of hydrogen-bond donors (Lipinski definition) is 2. The largest absolute Gasteiger partial charge is 0.479 e. The second kappa shape index (κ2) is 7.18. The molecule has 0 fully saturated rings. The summed E-state index contributed by atoms with van der Waals surface area (Å²) in [4.78, 5) is 28.3. The molecule has 0 radical (unpaired) electrons. The van der Waals surface area contributed by atoms with Crippen LogP contribution in [0.2, 0.25) is 0 Å². The van der Waals surface area contributed by atoms with Crippen molar-refractivity contribution in [1.82, 2.24) is 20.1 Å². The van der Waals surface area contributed by atoms with Crippen LogP contribution in [0.1, 0.15) is 10.4 Å². The SMILES string of the molecule is COc1nn(C)cc1C(=O)NCC(=O)Nc1nc(-c2ccco2)cs1. The van der Waals surface area contributed by atoms with Crippen LogP contribution in [0.4, 0.5) is 5.13 Å². The van der Waals surface area contributed by atoms with E-state index in [1.807, 2.05) is 0 Å². The van der Waals surface area contributed by atoms with E-state index in [1.54, 1.807) is 30.8 Å². The summed E-state index contributed by atoms with van der Waals surface area (Å²) >= 11 is 1.27. The molecule has 0 unspecified atom stereocenters. The van der Waals surface area contributed by atoms with Crippen LogP contribution in [0.15, 0.2) is 34.4 Å². The third kappa shape index (κ3) is 3.86. The Hall–Kier alpha value is -3.14. The molecule has 0 aliphatic heterocycles. The van der Waals surface area contributed by atoms with Crippen LogP contribution in [0, 0.1) is 0 Å². The van der Waals surface area contributed by atoms with E-state index in [4.69, 9.17) is 9.15 Å². The van der Waals surface area contributed by atoms with Gasteiger partial charge in [0.25, 0.3) is 5.91 Å². The van der Waals surface area contributed by atoms with Crippen molar-refractivity contribution in [2.45, 2.75) is 0 Å². The van der Waals surface area contributed by atoms with Crippen molar-refractivity contribution in [2.24, 2.45) is 7.05 Å². The number of hydrogen-bond acceptors (Lipinski definition) is 7. The lowest BCUT2D eigenvalue weighted by Gasteiger charge is -2.04. The molecule has 3 aromatic heterocycles. The van der Waals surface area contributed by atoms with Gasteiger partial charge in [0.15, 0.2) is 10.9 Å². The van der Waals surface area contributed by atoms with Crippen LogP contribution in [-0.4, -0.2) is 40.2 Å². The Bertz CT molecular complexity index is 884. The minimum absolute atomic E-state index is 0.198. The number of nitrogens with zero attached hydrogens (tertiary/aromatic N) is 3. The molecular formula is C15H15N5O4S. The fourth-order valence-corrected chi connectivity index (χ4v) is 2.78. The van der Waals surface area contributed by atoms with E-state index in [-0.39, 0.29) is 18.0 Å². The zero-order chi connectivity index (χ0) is 17.8. The van der Waals surface area contributed by atoms with Gasteiger partial charge in [-0.1, -0.05) is 0 Å². The van der Waals surface area contributed by atoms with Crippen molar-refractivity contribution >= 4 is 28.3 Å². The van der Waals surface area contributed by atoms with E-state index in [0.29, 0.717) is 16.6 Å². The summed E-state index contributed by atoms with van der Waals surface area (Å²) in [7, 11) is 3.09. The minimum atomic E-state index is -0.449. The molecule has 0 spiro atoms. The van der Waals surface area contributed by atoms with Gasteiger partial charge in [0.1, 0.15) is 11.3 Å². The lowest BCUT2D eigenvalue weighted by molar-refractivity contribution is -0.115. The number of carbonyl (C=O) groups is 2. The topological polar surface area (TPSA) is 111 Å². The third-order valence-corrected chi connectivity index (χ3v) is 3.92. The number of methoxy groups -OCH3 is 1. The van der Waals surface area contributed by atoms with Gasteiger partial charge in [0.2, 0.25) is 11.8 Å². The highest BCUT2D eigenvalue weighted by molar-refractivity contribution is 7.14. The van der Waals surface area contributed by atoms with E-state index in [2.05, 4.69) is 20.7 Å². The zero-order valence-corrected chi connectivity index (χ0v) is 14.3. The number of nitrogens with one attached hydrogen (secondary N) is 2. The van der Waals surface area contributed by atoms with Gasteiger partial charge < -0.3 is 19.8 Å². The Morgan fingerprint density at radius 2 is 2.28 bits per heavy atom. The van der Waals surface area contributed by atoms with E-state index < -0.39 is 11.8 Å². The maximum atomic E-state index is 12.1. The predicted octanol–water partition coefficient (Wildman–Crippen LogP) is 1.51. The molecule has 0 atom stereocenters. The van der Waals surface area contributed by atoms with E-state index in [1.165, 1.54) is 29.3 Å². The lowest BCUT2D eigenvalue weighted by atomic mass is 10.3. The van der Waals surface area contributed by atoms with Crippen LogP contribution >= 0.6 is 11.3 Å². The number of furan rings is 1. The first-order valence-corrected chi connectivity index (χ1v) is 8.10. The average Bonchev–Trinajstić information content (AvgIpc) is 3.32. The molecule has 25 heavy (non-hydrogen) atoms. The molecular weight excluding hydrogens is 346 g/mol. The summed E-state index contributed by atoms with van der Waals surface area (Å²) in [6.07, 6.45) is 3.07. The molecule has 0 aromatic carbocycles. The number of carbonyl (C=O) groups excluding carboxylic acids is 2. The standard InChI is InChI=1S/C15H15N5O4S/c1-20-7-9(14(19-20)23-2)13(22)16-6-12(21)18-15-17-10(8-25-15)11-4-3-5-24-11/h3-5,7-8H,6H2,1-2H3,(H,16,22)(H,17,18,21). The molecule has 3 aromatic rings. The van der Waals surface area contributed by atoms with Crippen molar-refractivity contribution in [3.8, 4) is 17.3 Å². The van der Waals surface area contributed by atoms with Gasteiger partial charge in [0, 0.05) is 18.6 Å². The van der Waals surface area contributed by atoms with Crippen LogP contribution in [0.3, 0.4) is 0 Å². The van der Waals surface area contributed by atoms with Crippen LogP contribution in [0.5, 0.6) is 5.88 Å². The number of thiazole rings is 1. The Morgan fingerprint density at radius 1 is 1.44 bits per heavy atom. The molecule has 0 saturated carbocycles. The fraction of sp³-hybridized carbons (Fsp3) is 0.200. The van der Waals surface area contributed by atoms with E-state index in [0.717, 1.165) is 0 Å². The molecule has 2 N–H and O–H groups in total. The monoisotopic (exact) mass is 361 g/mol. The first kappa shape index (κ1) is 16.7. The summed E-state index contributed by atoms with van der Waals surface area (Å²) < 4.78 is 11.7. The Labute approximate surface area is 146 Å². The van der Waals surface area contributed by atoms with Crippen LogP contribution in [0.25, 0.3) is 11.5 Å². The van der Waals surface area contributed by atoms with Gasteiger partial charge in [-0.2, -0.15) is 0 Å². The molecule has 0 aliphatic carbocycles. The highest BCUT2D eigenvalue weighted by atomic mass is 32.1. The number of rotatable bonds is 6. The highest BCUT2D eigenvalue weighted by Crippen LogP contribution is 2.24. The molecule has 3 rings (SSSR count). The minimum Gasteiger partial charge on any atom is -0.479 e. The van der Waals surface area contributed by atoms with Gasteiger partial charge in [-0.05, 0) is 12.1 Å². The Balaban J connectivity index is 1.55. The Morgan fingerprint density at radius 3 is 3.00 bits per heavy atom. The second-order valence-corrected chi connectivity index (χ2v) is 5.83. The van der Waals surface area contributed by atoms with Gasteiger partial charge in [-0.15, -0.1) is 16.4 Å². The van der Waals surface area contributed by atoms with Gasteiger partial charge in [-0.3, -0.25) is 14.3 Å². The second-order valence-electron chi connectivity index (χ2n) is 4.97. The number of aryl methyl sites for hydroxylation is 1. The van der Waals surface area contributed by atoms with Crippen LogP contribution < -0.4 is 15.4 Å². The maximum Gasteiger partial charge on any atom is 0.258 e. The summed E-state index contributed by atoms with van der Waals surface area (Å²) in [5.74, 6) is -0.0239. The maximum absolute atomic E-state index is 12.1. The normalized spacial score (nSPS) is 10.5. The van der Waals surface area contributed by atoms with Crippen molar-refractivity contribution in [3.63, 3.8) is 0 Å². The van der Waals surface area contributed by atoms with Crippen molar-refractivity contribution < 1.29 is 18.7 Å². The summed E-state index contributed by atoms with van der Waals surface area (Å²) in [5.41, 5.74) is 0.890. The average molecular weight is 361 g/mol. The lowest BCUT2D eigenvalue weighted by Crippen LogP contribution is -2.32. The molecule has 0 aliphatic rings. The summed E-state index contributed by atoms with van der Waals surface area (Å²) in [6, 6.07) is 3.54. The number of anilines is 1. The van der Waals surface area contributed by atoms with Crippen LogP contribution in [-0.2, 0) is 11.8 Å². The fourth-order valence-electron chi connectivity index (χ4n) is 2.06. The van der Waals surface area contributed by atoms with Crippen molar-refractivity contribution in [1.29, 1.82) is 0 Å². The van der Waals surface area contributed by atoms with Gasteiger partial charge >= 0.3 is 0 Å². The van der Waals surface area contributed by atoms with Gasteiger partial charge in [-0.25, -0.2) is 4.98 Å². The van der Waals surface area contributed by atoms with E-state index >= 15 is 0 Å². The van der Waals surface area contributed by atoms with Crippen molar-refractivity contribution in [2.75, 3.05) is 19.0 Å². The predicted molar refractivity (Wildman–Crippen MR) is 90.5 cm³/mol. The zero-order valence-electron chi connectivity index (χ0n) is 13.5. The number of aromatic nitrogens is 3. The molecule has 2 amide bonds. The molecule has 130 valence electrons. The smallest absolute Gasteiger partial charge is 0.258 e. The summed E-state index contributed by atoms with van der Waals surface area (Å²) in [5, 5.41) is 11.3. The first-order chi connectivity index (χ1) is 12.1.